The molecule has 2 aliphatic rings. The van der Waals surface area contributed by atoms with Crippen LogP contribution in [-0.4, -0.2) is 51.9 Å². The van der Waals surface area contributed by atoms with Gasteiger partial charge in [-0.05, 0) is 44.4 Å². The molecule has 1 saturated carbocycles. The van der Waals surface area contributed by atoms with Crippen LogP contribution in [0, 0.1) is 11.8 Å². The van der Waals surface area contributed by atoms with Crippen molar-refractivity contribution in [2.75, 3.05) is 29.9 Å². The van der Waals surface area contributed by atoms with Crippen LogP contribution >= 0.6 is 0 Å². The van der Waals surface area contributed by atoms with Gasteiger partial charge < -0.3 is 20.4 Å². The Morgan fingerprint density at radius 2 is 2.04 bits per heavy atom. The molecule has 0 spiro atoms. The number of anilines is 2. The van der Waals surface area contributed by atoms with Crippen molar-refractivity contribution < 1.29 is 15.0 Å². The fourth-order valence-corrected chi connectivity index (χ4v) is 3.71. The molecule has 7 heteroatoms. The lowest BCUT2D eigenvalue weighted by Crippen LogP contribution is -2.37. The monoisotopic (exact) mass is 334 g/mol. The molecule has 0 bridgehead atoms. The molecule has 1 aromatic rings. The summed E-state index contributed by atoms with van der Waals surface area (Å²) in [5, 5.41) is 21.9. The minimum atomic E-state index is -0.679. The average Bonchev–Trinajstić information content (AvgIpc) is 2.62. The van der Waals surface area contributed by atoms with Crippen molar-refractivity contribution in [3.05, 3.63) is 12.4 Å². The minimum Gasteiger partial charge on any atom is -0.481 e. The molecule has 2 fully saturated rings. The molecule has 1 atom stereocenters. The van der Waals surface area contributed by atoms with E-state index in [2.05, 4.69) is 20.2 Å². The summed E-state index contributed by atoms with van der Waals surface area (Å²) in [6.07, 6.45) is 6.85. The first-order valence-corrected chi connectivity index (χ1v) is 8.83. The third kappa shape index (κ3) is 4.14. The average molecular weight is 334 g/mol. The molecule has 1 aliphatic heterocycles. The summed E-state index contributed by atoms with van der Waals surface area (Å²) < 4.78 is 0. The van der Waals surface area contributed by atoms with Gasteiger partial charge in [0.25, 0.3) is 0 Å². The largest absolute Gasteiger partial charge is 0.481 e. The Hall–Kier alpha value is -1.89. The Balaban J connectivity index is 1.58. The van der Waals surface area contributed by atoms with E-state index in [1.165, 1.54) is 0 Å². The zero-order valence-corrected chi connectivity index (χ0v) is 13.9. The molecule has 1 aromatic heterocycles. The maximum atomic E-state index is 11.0. The third-order valence-electron chi connectivity index (χ3n) is 5.18. The van der Waals surface area contributed by atoms with Crippen LogP contribution in [0.15, 0.2) is 12.4 Å². The summed E-state index contributed by atoms with van der Waals surface area (Å²) in [4.78, 5) is 21.9. The van der Waals surface area contributed by atoms with Gasteiger partial charge in [-0.15, -0.1) is 0 Å². The Morgan fingerprint density at radius 1 is 1.25 bits per heavy atom. The number of carboxylic acid groups (broad SMARTS) is 1. The van der Waals surface area contributed by atoms with Crippen LogP contribution in [0.4, 0.5) is 11.6 Å². The van der Waals surface area contributed by atoms with Crippen LogP contribution < -0.4 is 10.2 Å². The van der Waals surface area contributed by atoms with E-state index in [9.17, 15) is 9.90 Å². The second kappa shape index (κ2) is 7.79. The van der Waals surface area contributed by atoms with Gasteiger partial charge in [-0.2, -0.15) is 0 Å². The van der Waals surface area contributed by atoms with Gasteiger partial charge in [-0.3, -0.25) is 4.79 Å². The van der Waals surface area contributed by atoms with Gasteiger partial charge in [0.1, 0.15) is 18.0 Å². The molecule has 3 rings (SSSR count). The second-order valence-electron chi connectivity index (χ2n) is 6.93. The van der Waals surface area contributed by atoms with Crippen molar-refractivity contribution in [1.29, 1.82) is 0 Å². The number of nitrogens with zero attached hydrogens (tertiary/aromatic N) is 3. The Kier molecular flexibility index (Phi) is 5.50. The van der Waals surface area contributed by atoms with Crippen LogP contribution in [0.25, 0.3) is 0 Å². The number of hydrogen-bond acceptors (Lipinski definition) is 6. The summed E-state index contributed by atoms with van der Waals surface area (Å²) in [5.74, 6) is 1.13. The van der Waals surface area contributed by atoms with Gasteiger partial charge in [-0.1, -0.05) is 0 Å². The molecule has 132 valence electrons. The zero-order valence-electron chi connectivity index (χ0n) is 13.9. The van der Waals surface area contributed by atoms with E-state index in [0.29, 0.717) is 5.92 Å². The number of aromatic nitrogens is 2. The Labute approximate surface area is 142 Å². The number of rotatable bonds is 5. The van der Waals surface area contributed by atoms with E-state index in [4.69, 9.17) is 5.11 Å². The fraction of sp³-hybridized carbons (Fsp3) is 0.706. The summed E-state index contributed by atoms with van der Waals surface area (Å²) in [6.45, 7) is 2.01. The highest BCUT2D eigenvalue weighted by atomic mass is 16.4. The number of carbonyl (C=O) groups is 1. The summed E-state index contributed by atoms with van der Waals surface area (Å²) in [5.41, 5.74) is 0. The van der Waals surface area contributed by atoms with Gasteiger partial charge in [-0.25, -0.2) is 9.97 Å². The Morgan fingerprint density at radius 3 is 2.75 bits per heavy atom. The van der Waals surface area contributed by atoms with Gasteiger partial charge >= 0.3 is 5.97 Å². The van der Waals surface area contributed by atoms with Gasteiger partial charge in [0.05, 0.1) is 5.92 Å². The van der Waals surface area contributed by atoms with Crippen molar-refractivity contribution >= 4 is 17.6 Å². The number of nitrogens with one attached hydrogen (secondary N) is 1. The summed E-state index contributed by atoms with van der Waals surface area (Å²) in [7, 11) is 0. The van der Waals surface area contributed by atoms with Crippen LogP contribution in [0.5, 0.6) is 0 Å². The first kappa shape index (κ1) is 17.0. The molecule has 0 amide bonds. The highest BCUT2D eigenvalue weighted by molar-refractivity contribution is 5.70. The van der Waals surface area contributed by atoms with Crippen molar-refractivity contribution in [2.24, 2.45) is 11.8 Å². The standard InChI is InChI=1S/C17H26N4O3/c22-10-12-2-1-7-21(9-12)16-8-15(18-11-19-16)20-14-5-3-13(4-6-14)17(23)24/h8,11-14,22H,1-7,9-10H2,(H,23,24)(H,18,19,20). The van der Waals surface area contributed by atoms with Crippen LogP contribution in [-0.2, 0) is 4.79 Å². The highest BCUT2D eigenvalue weighted by Gasteiger charge is 2.26. The molecular weight excluding hydrogens is 308 g/mol. The second-order valence-corrected chi connectivity index (χ2v) is 6.93. The first-order chi connectivity index (χ1) is 11.7. The molecule has 0 radical (unpaired) electrons. The van der Waals surface area contributed by atoms with E-state index >= 15 is 0 Å². The summed E-state index contributed by atoms with van der Waals surface area (Å²) >= 11 is 0. The SMILES string of the molecule is O=C(O)C1CCC(Nc2cc(N3CCCC(CO)C3)ncn2)CC1. The molecule has 3 N–H and O–H groups in total. The zero-order chi connectivity index (χ0) is 16.9. The molecule has 1 aliphatic carbocycles. The normalized spacial score (nSPS) is 27.7. The maximum Gasteiger partial charge on any atom is 0.306 e. The van der Waals surface area contributed by atoms with E-state index in [-0.39, 0.29) is 18.6 Å². The van der Waals surface area contributed by atoms with Crippen LogP contribution in [0.1, 0.15) is 38.5 Å². The smallest absolute Gasteiger partial charge is 0.306 e. The van der Waals surface area contributed by atoms with Crippen molar-refractivity contribution in [1.82, 2.24) is 9.97 Å². The van der Waals surface area contributed by atoms with E-state index in [1.54, 1.807) is 6.33 Å². The number of carboxylic acids is 1. The van der Waals surface area contributed by atoms with Crippen molar-refractivity contribution in [3.8, 4) is 0 Å². The number of piperidine rings is 1. The van der Waals surface area contributed by atoms with Crippen molar-refractivity contribution in [2.45, 2.75) is 44.6 Å². The topological polar surface area (TPSA) is 98.6 Å². The van der Waals surface area contributed by atoms with Gasteiger partial charge in [0, 0.05) is 31.8 Å². The molecule has 1 saturated heterocycles. The quantitative estimate of drug-likeness (QED) is 0.754. The highest BCUT2D eigenvalue weighted by Crippen LogP contribution is 2.27. The fourth-order valence-electron chi connectivity index (χ4n) is 3.71. The number of aliphatic hydroxyl groups is 1. The summed E-state index contributed by atoms with van der Waals surface area (Å²) in [6, 6.07) is 2.23. The van der Waals surface area contributed by atoms with E-state index in [0.717, 1.165) is 63.3 Å². The minimum absolute atomic E-state index is 0.201. The molecule has 24 heavy (non-hydrogen) atoms. The van der Waals surface area contributed by atoms with Crippen LogP contribution in [0.2, 0.25) is 0 Å². The lowest BCUT2D eigenvalue weighted by Gasteiger charge is -2.33. The number of hydrogen-bond donors (Lipinski definition) is 3. The molecule has 2 heterocycles. The maximum absolute atomic E-state index is 11.0. The molecule has 7 nitrogen and oxygen atoms in total. The van der Waals surface area contributed by atoms with Crippen LogP contribution in [0.3, 0.4) is 0 Å². The predicted molar refractivity (Wildman–Crippen MR) is 91.1 cm³/mol. The predicted octanol–water partition coefficient (Wildman–Crippen LogP) is 1.74. The number of aliphatic carboxylic acids is 1. The lowest BCUT2D eigenvalue weighted by molar-refractivity contribution is -0.142. The molecular formula is C17H26N4O3. The van der Waals surface area contributed by atoms with Crippen molar-refractivity contribution in [3.63, 3.8) is 0 Å². The third-order valence-corrected chi connectivity index (χ3v) is 5.18. The Bertz CT molecular complexity index is 561. The van der Waals surface area contributed by atoms with Gasteiger partial charge in [0.15, 0.2) is 0 Å². The first-order valence-electron chi connectivity index (χ1n) is 8.83. The molecule has 1 unspecified atom stereocenters. The van der Waals surface area contributed by atoms with E-state index in [1.807, 2.05) is 6.07 Å². The van der Waals surface area contributed by atoms with E-state index < -0.39 is 5.97 Å². The lowest BCUT2D eigenvalue weighted by atomic mass is 9.86. The molecule has 0 aromatic carbocycles. The number of aliphatic hydroxyl groups excluding tert-OH is 1. The van der Waals surface area contributed by atoms with Gasteiger partial charge in [0.2, 0.25) is 0 Å².